The van der Waals surface area contributed by atoms with Gasteiger partial charge >= 0.3 is 6.18 Å². The molecule has 0 amide bonds. The number of halogens is 3. The summed E-state index contributed by atoms with van der Waals surface area (Å²) < 4.78 is 79.5. The minimum absolute atomic E-state index is 0.0427. The molecular formula is C32H38F3N5O4S. The molecule has 242 valence electrons. The molecule has 6 rings (SSSR count). The van der Waals surface area contributed by atoms with E-state index in [1.807, 2.05) is 6.07 Å². The second kappa shape index (κ2) is 12.4. The Labute approximate surface area is 261 Å². The highest BCUT2D eigenvalue weighted by molar-refractivity contribution is 7.89. The van der Waals surface area contributed by atoms with Gasteiger partial charge in [-0.2, -0.15) is 13.2 Å². The van der Waals surface area contributed by atoms with Gasteiger partial charge in [0.1, 0.15) is 12.3 Å². The van der Waals surface area contributed by atoms with Crippen molar-refractivity contribution in [3.05, 3.63) is 48.2 Å². The van der Waals surface area contributed by atoms with Crippen molar-refractivity contribution >= 4 is 32.3 Å². The van der Waals surface area contributed by atoms with E-state index in [0.717, 1.165) is 57.7 Å². The van der Waals surface area contributed by atoms with Gasteiger partial charge in [-0.25, -0.2) is 13.1 Å². The van der Waals surface area contributed by atoms with Crippen molar-refractivity contribution in [1.82, 2.24) is 14.2 Å². The maximum atomic E-state index is 13.7. The van der Waals surface area contributed by atoms with Gasteiger partial charge in [-0.15, -0.1) is 0 Å². The molecule has 0 unspecified atom stereocenters. The highest BCUT2D eigenvalue weighted by Crippen LogP contribution is 2.41. The van der Waals surface area contributed by atoms with Crippen LogP contribution in [0.2, 0.25) is 0 Å². The zero-order chi connectivity index (χ0) is 31.8. The third-order valence-electron chi connectivity index (χ3n) is 9.09. The Morgan fingerprint density at radius 1 is 1.07 bits per heavy atom. The van der Waals surface area contributed by atoms with Crippen LogP contribution in [0.5, 0.6) is 5.75 Å². The summed E-state index contributed by atoms with van der Waals surface area (Å²) in [5.74, 6) is 6.13. The Kier molecular flexibility index (Phi) is 8.69. The number of benzene rings is 2. The number of rotatable bonds is 9. The summed E-state index contributed by atoms with van der Waals surface area (Å²) in [5.41, 5.74) is 2.45. The second-order valence-electron chi connectivity index (χ2n) is 12.2. The van der Waals surface area contributed by atoms with Gasteiger partial charge in [-0.05, 0) is 69.0 Å². The third kappa shape index (κ3) is 6.74. The fourth-order valence-electron chi connectivity index (χ4n) is 6.69. The van der Waals surface area contributed by atoms with E-state index < -0.39 is 22.7 Å². The van der Waals surface area contributed by atoms with E-state index >= 15 is 0 Å². The normalized spacial score (nSPS) is 21.4. The summed E-state index contributed by atoms with van der Waals surface area (Å²) in [4.78, 5) is 2.62. The molecule has 1 aromatic heterocycles. The smallest absolute Gasteiger partial charge is 0.406 e. The lowest BCUT2D eigenvalue weighted by Gasteiger charge is -2.58. The molecule has 0 bridgehead atoms. The molecule has 13 heteroatoms. The number of methoxy groups -OCH3 is 1. The zero-order valence-corrected chi connectivity index (χ0v) is 26.2. The molecule has 9 nitrogen and oxygen atoms in total. The van der Waals surface area contributed by atoms with Crippen LogP contribution in [-0.2, 0) is 21.3 Å². The van der Waals surface area contributed by atoms with Crippen LogP contribution in [0.1, 0.15) is 31.4 Å². The van der Waals surface area contributed by atoms with Crippen molar-refractivity contribution in [2.45, 2.75) is 55.4 Å². The van der Waals surface area contributed by atoms with Gasteiger partial charge in [0.05, 0.1) is 48.7 Å². The first-order chi connectivity index (χ1) is 21.5. The van der Waals surface area contributed by atoms with E-state index in [2.05, 4.69) is 32.1 Å². The number of ether oxygens (including phenoxy) is 2. The molecule has 1 spiro atoms. The first-order valence-electron chi connectivity index (χ1n) is 15.1. The topological polar surface area (TPSA) is 96.9 Å². The van der Waals surface area contributed by atoms with Crippen LogP contribution in [0.25, 0.3) is 10.9 Å². The SMILES string of the molecule is CNS(=O)(=O)c1ccc(NCC#Cc2cc3c(N[C@H]4CC[C@H](N5CC6(COC6)C5)CC4)cccc3n2CC(F)(F)F)c(OC)c1. The monoisotopic (exact) mass is 645 g/mol. The number of likely N-dealkylation sites (tertiary alicyclic amines) is 1. The van der Waals surface area contributed by atoms with Crippen LogP contribution in [0, 0.1) is 17.3 Å². The van der Waals surface area contributed by atoms with Gasteiger partial charge in [0.25, 0.3) is 0 Å². The van der Waals surface area contributed by atoms with E-state index in [9.17, 15) is 21.6 Å². The minimum Gasteiger partial charge on any atom is -0.495 e. The fourth-order valence-corrected chi connectivity index (χ4v) is 7.44. The number of hydrogen-bond acceptors (Lipinski definition) is 7. The fraction of sp³-hybridized carbons (Fsp3) is 0.500. The van der Waals surface area contributed by atoms with Crippen molar-refractivity contribution in [2.75, 3.05) is 57.6 Å². The van der Waals surface area contributed by atoms with Crippen molar-refractivity contribution in [3.63, 3.8) is 0 Å². The summed E-state index contributed by atoms with van der Waals surface area (Å²) in [5, 5.41) is 7.40. The molecule has 3 fully saturated rings. The summed E-state index contributed by atoms with van der Waals surface area (Å²) in [7, 11) is -0.917. The molecular weight excluding hydrogens is 607 g/mol. The highest BCUT2D eigenvalue weighted by Gasteiger charge is 2.50. The molecule has 45 heavy (non-hydrogen) atoms. The maximum absolute atomic E-state index is 13.7. The van der Waals surface area contributed by atoms with Gasteiger partial charge in [0.2, 0.25) is 10.0 Å². The quantitative estimate of drug-likeness (QED) is 0.292. The van der Waals surface area contributed by atoms with Crippen molar-refractivity contribution < 1.29 is 31.1 Å². The number of nitrogens with one attached hydrogen (secondary N) is 3. The lowest BCUT2D eigenvalue weighted by atomic mass is 9.75. The first-order valence-corrected chi connectivity index (χ1v) is 16.6. The Balaban J connectivity index is 1.16. The molecule has 3 aliphatic rings. The highest BCUT2D eigenvalue weighted by atomic mass is 32.2. The Morgan fingerprint density at radius 3 is 2.47 bits per heavy atom. The molecule has 0 radical (unpaired) electrons. The van der Waals surface area contributed by atoms with Gasteiger partial charge in [0, 0.05) is 47.7 Å². The number of hydrogen-bond donors (Lipinski definition) is 3. The van der Waals surface area contributed by atoms with Gasteiger partial charge < -0.3 is 24.7 Å². The van der Waals surface area contributed by atoms with Crippen molar-refractivity contribution in [1.29, 1.82) is 0 Å². The van der Waals surface area contributed by atoms with Crippen LogP contribution >= 0.6 is 0 Å². The molecule has 1 saturated carbocycles. The average molecular weight is 646 g/mol. The van der Waals surface area contributed by atoms with E-state index in [-0.39, 0.29) is 23.2 Å². The molecule has 0 atom stereocenters. The maximum Gasteiger partial charge on any atom is 0.406 e. The first kappa shape index (κ1) is 31.5. The summed E-state index contributed by atoms with van der Waals surface area (Å²) in [6.07, 6.45) is -0.210. The van der Waals surface area contributed by atoms with Crippen molar-refractivity contribution in [2.24, 2.45) is 5.41 Å². The van der Waals surface area contributed by atoms with Crippen LogP contribution < -0.4 is 20.1 Å². The summed E-state index contributed by atoms with van der Waals surface area (Å²) in [6.45, 7) is 2.97. The largest absolute Gasteiger partial charge is 0.495 e. The third-order valence-corrected chi connectivity index (χ3v) is 10.5. The zero-order valence-electron chi connectivity index (χ0n) is 25.3. The molecule has 2 saturated heterocycles. The van der Waals surface area contributed by atoms with E-state index in [0.29, 0.717) is 33.8 Å². The number of alkyl halides is 3. The standard InChI is InChI=1S/C32H38F3N5O4S/c1-36-45(41,42)25-12-13-28(30(16-25)43-2)37-14-4-5-24-15-26-27(6-3-7-29(26)40(24)19-32(33,34)35)38-22-8-10-23(11-9-22)39-17-31(18-39)20-44-21-31/h3,6-7,12-13,15-16,22-23,36-38H,8-11,14,17-21H2,1-2H3/t22-,23-. The lowest BCUT2D eigenvalue weighted by Crippen LogP contribution is -2.68. The van der Waals surface area contributed by atoms with Gasteiger partial charge in [-0.1, -0.05) is 12.0 Å². The summed E-state index contributed by atoms with van der Waals surface area (Å²) >= 11 is 0. The summed E-state index contributed by atoms with van der Waals surface area (Å²) in [6, 6.07) is 12.3. The van der Waals surface area contributed by atoms with Gasteiger partial charge in [-0.3, -0.25) is 4.90 Å². The van der Waals surface area contributed by atoms with Gasteiger partial charge in [0.15, 0.2) is 0 Å². The second-order valence-corrected chi connectivity index (χ2v) is 14.1. The van der Waals surface area contributed by atoms with Crippen LogP contribution in [0.3, 0.4) is 0 Å². The van der Waals surface area contributed by atoms with E-state index in [1.165, 1.54) is 30.9 Å². The lowest BCUT2D eigenvalue weighted by molar-refractivity contribution is -0.200. The Hall–Kier alpha value is -3.44. The number of aromatic nitrogens is 1. The molecule has 1 aliphatic carbocycles. The minimum atomic E-state index is -4.42. The molecule has 3 heterocycles. The molecule has 2 aromatic carbocycles. The molecule has 2 aliphatic heterocycles. The Bertz CT molecular complexity index is 1710. The average Bonchev–Trinajstić information content (AvgIpc) is 3.31. The number of nitrogens with zero attached hydrogens (tertiary/aromatic N) is 2. The number of sulfonamides is 1. The molecule has 3 N–H and O–H groups in total. The van der Waals surface area contributed by atoms with Crippen LogP contribution in [0.15, 0.2) is 47.4 Å². The van der Waals surface area contributed by atoms with E-state index in [4.69, 9.17) is 9.47 Å². The van der Waals surface area contributed by atoms with Crippen LogP contribution in [-0.4, -0.2) is 83.2 Å². The number of fused-ring (bicyclic) bond motifs is 1. The van der Waals surface area contributed by atoms with Crippen LogP contribution in [0.4, 0.5) is 24.5 Å². The van der Waals surface area contributed by atoms with Crippen molar-refractivity contribution in [3.8, 4) is 17.6 Å². The Morgan fingerprint density at radius 2 is 1.82 bits per heavy atom. The predicted octanol–water partition coefficient (Wildman–Crippen LogP) is 4.64. The molecule has 3 aromatic rings. The van der Waals surface area contributed by atoms with E-state index in [1.54, 1.807) is 24.3 Å². The predicted molar refractivity (Wildman–Crippen MR) is 167 cm³/mol. The number of anilines is 2.